The normalized spacial score (nSPS) is 17.0. The van der Waals surface area contributed by atoms with Gasteiger partial charge >= 0.3 is 6.36 Å². The highest BCUT2D eigenvalue weighted by molar-refractivity contribution is 5.63. The Bertz CT molecular complexity index is 792. The van der Waals surface area contributed by atoms with E-state index in [2.05, 4.69) is 9.84 Å². The van der Waals surface area contributed by atoms with Crippen LogP contribution in [0.25, 0.3) is 11.3 Å². The Morgan fingerprint density at radius 2 is 1.88 bits per heavy atom. The smallest absolute Gasteiger partial charge is 0.470 e. The first-order chi connectivity index (χ1) is 11.6. The summed E-state index contributed by atoms with van der Waals surface area (Å²) in [6.07, 6.45) is -3.09. The number of nitrogens with zero attached hydrogens (tertiary/aromatic N) is 2. The summed E-state index contributed by atoms with van der Waals surface area (Å²) in [7, 11) is 0. The Hall–Kier alpha value is -2.48. The van der Waals surface area contributed by atoms with Gasteiger partial charge in [-0.25, -0.2) is 4.68 Å². The van der Waals surface area contributed by atoms with Gasteiger partial charge in [0.15, 0.2) is 0 Å². The fourth-order valence-electron chi connectivity index (χ4n) is 2.35. The molecule has 0 bridgehead atoms. The van der Waals surface area contributed by atoms with Gasteiger partial charge in [-0.3, -0.25) is 0 Å². The van der Waals surface area contributed by atoms with Crippen LogP contribution < -0.4 is 4.74 Å². The number of benzene rings is 1. The van der Waals surface area contributed by atoms with Crippen LogP contribution in [-0.4, -0.2) is 28.5 Å². The minimum absolute atomic E-state index is 0.277. The zero-order chi connectivity index (χ0) is 18.2. The van der Waals surface area contributed by atoms with E-state index < -0.39 is 12.1 Å². The topological polar surface area (TPSA) is 45.5 Å². The molecule has 0 unspecified atom stereocenters. The van der Waals surface area contributed by atoms with Crippen LogP contribution in [0.1, 0.15) is 25.2 Å². The van der Waals surface area contributed by atoms with Crippen LogP contribution in [0.3, 0.4) is 0 Å². The van der Waals surface area contributed by atoms with Gasteiger partial charge in [0.2, 0.25) is 5.79 Å². The van der Waals surface area contributed by atoms with E-state index >= 15 is 0 Å². The highest BCUT2D eigenvalue weighted by Gasteiger charge is 2.31. The van der Waals surface area contributed by atoms with Gasteiger partial charge in [0, 0.05) is 25.1 Å². The number of hydrogen-bond acceptors (Lipinski definition) is 4. The number of ether oxygens (including phenoxy) is 3. The lowest BCUT2D eigenvalue weighted by molar-refractivity contribution is -0.274. The molecular weight excluding hydrogens is 337 g/mol. The maximum absolute atomic E-state index is 12.2. The second-order valence-corrected chi connectivity index (χ2v) is 6.07. The van der Waals surface area contributed by atoms with Crippen molar-refractivity contribution in [3.63, 3.8) is 0 Å². The van der Waals surface area contributed by atoms with Gasteiger partial charge in [0.1, 0.15) is 5.75 Å². The first-order valence-corrected chi connectivity index (χ1v) is 7.57. The monoisotopic (exact) mass is 354 g/mol. The lowest BCUT2D eigenvalue weighted by Crippen LogP contribution is -2.30. The molecule has 1 aromatic carbocycles. The molecule has 2 aromatic rings. The number of hydrogen-bond donors (Lipinski definition) is 0. The number of aromatic nitrogens is 2. The van der Waals surface area contributed by atoms with E-state index in [4.69, 9.17) is 9.47 Å². The Morgan fingerprint density at radius 1 is 1.20 bits per heavy atom. The van der Waals surface area contributed by atoms with Crippen LogP contribution in [-0.2, 0) is 9.47 Å². The molecule has 1 aromatic heterocycles. The average Bonchev–Trinajstić information content (AvgIpc) is 2.88. The SMILES string of the molecule is Cc1cc(C2=COC(C)(C)OC2)nn1-c1ccc(OC(F)(F)F)cc1. The molecule has 0 fully saturated rings. The fourth-order valence-corrected chi connectivity index (χ4v) is 2.35. The molecule has 25 heavy (non-hydrogen) atoms. The summed E-state index contributed by atoms with van der Waals surface area (Å²) in [6.45, 7) is 5.84. The van der Waals surface area contributed by atoms with Gasteiger partial charge < -0.3 is 14.2 Å². The van der Waals surface area contributed by atoms with Gasteiger partial charge in [-0.1, -0.05) is 0 Å². The first-order valence-electron chi connectivity index (χ1n) is 7.57. The predicted molar refractivity (Wildman–Crippen MR) is 84.1 cm³/mol. The van der Waals surface area contributed by atoms with Crippen molar-refractivity contribution in [1.82, 2.24) is 9.78 Å². The van der Waals surface area contributed by atoms with E-state index in [1.165, 1.54) is 24.3 Å². The van der Waals surface area contributed by atoms with Gasteiger partial charge in [-0.2, -0.15) is 5.10 Å². The maximum Gasteiger partial charge on any atom is 0.573 e. The highest BCUT2D eigenvalue weighted by Crippen LogP contribution is 2.27. The number of halogens is 3. The molecule has 8 heteroatoms. The second kappa shape index (κ2) is 6.11. The van der Waals surface area contributed by atoms with Crippen molar-refractivity contribution >= 4 is 5.57 Å². The lowest BCUT2D eigenvalue weighted by Gasteiger charge is -2.29. The summed E-state index contributed by atoms with van der Waals surface area (Å²) < 4.78 is 53.3. The third kappa shape index (κ3) is 4.14. The summed E-state index contributed by atoms with van der Waals surface area (Å²) >= 11 is 0. The van der Waals surface area contributed by atoms with E-state index in [-0.39, 0.29) is 5.75 Å². The third-order valence-corrected chi connectivity index (χ3v) is 3.59. The maximum atomic E-state index is 12.2. The van der Waals surface area contributed by atoms with Crippen LogP contribution in [0.15, 0.2) is 36.6 Å². The molecule has 1 aliphatic rings. The molecule has 0 spiro atoms. The van der Waals surface area contributed by atoms with E-state index in [0.717, 1.165) is 11.3 Å². The van der Waals surface area contributed by atoms with Crippen molar-refractivity contribution < 1.29 is 27.4 Å². The summed E-state index contributed by atoms with van der Waals surface area (Å²) in [5.74, 6) is -0.949. The molecule has 3 rings (SSSR count). The summed E-state index contributed by atoms with van der Waals surface area (Å²) in [5.41, 5.74) is 2.92. The molecule has 0 radical (unpaired) electrons. The Kier molecular flexibility index (Phi) is 4.24. The van der Waals surface area contributed by atoms with Crippen LogP contribution >= 0.6 is 0 Å². The summed E-state index contributed by atoms with van der Waals surface area (Å²) in [6, 6.07) is 7.37. The zero-order valence-corrected chi connectivity index (χ0v) is 13.9. The molecule has 0 saturated carbocycles. The minimum atomic E-state index is -4.71. The van der Waals surface area contributed by atoms with Crippen LogP contribution in [0, 0.1) is 6.92 Å². The number of aryl methyl sites for hydroxylation is 1. The Morgan fingerprint density at radius 3 is 2.44 bits per heavy atom. The molecule has 0 atom stereocenters. The van der Waals surface area contributed by atoms with Crippen molar-refractivity contribution in [3.8, 4) is 11.4 Å². The van der Waals surface area contributed by atoms with Crippen molar-refractivity contribution in [1.29, 1.82) is 0 Å². The highest BCUT2D eigenvalue weighted by atomic mass is 19.4. The van der Waals surface area contributed by atoms with E-state index in [1.807, 2.05) is 26.8 Å². The van der Waals surface area contributed by atoms with Crippen molar-refractivity contribution in [2.45, 2.75) is 32.9 Å². The Balaban J connectivity index is 1.82. The lowest BCUT2D eigenvalue weighted by atomic mass is 10.2. The molecule has 0 aliphatic carbocycles. The number of alkyl halides is 3. The van der Waals surface area contributed by atoms with Gasteiger partial charge in [-0.15, -0.1) is 13.2 Å². The largest absolute Gasteiger partial charge is 0.573 e. The van der Waals surface area contributed by atoms with E-state index in [0.29, 0.717) is 18.0 Å². The molecule has 134 valence electrons. The van der Waals surface area contributed by atoms with Gasteiger partial charge in [0.25, 0.3) is 0 Å². The predicted octanol–water partition coefficient (Wildman–Crippen LogP) is 4.20. The molecule has 5 nitrogen and oxygen atoms in total. The second-order valence-electron chi connectivity index (χ2n) is 6.07. The van der Waals surface area contributed by atoms with Crippen LogP contribution in [0.4, 0.5) is 13.2 Å². The fraction of sp³-hybridized carbons (Fsp3) is 0.353. The Labute approximate surface area is 142 Å². The molecule has 2 heterocycles. The average molecular weight is 354 g/mol. The molecule has 0 N–H and O–H groups in total. The number of rotatable bonds is 3. The third-order valence-electron chi connectivity index (χ3n) is 3.59. The van der Waals surface area contributed by atoms with Crippen molar-refractivity contribution in [2.24, 2.45) is 0 Å². The molecule has 1 aliphatic heterocycles. The quantitative estimate of drug-likeness (QED) is 0.829. The van der Waals surface area contributed by atoms with Crippen LogP contribution in [0.5, 0.6) is 5.75 Å². The minimum Gasteiger partial charge on any atom is -0.470 e. The van der Waals surface area contributed by atoms with Crippen LogP contribution in [0.2, 0.25) is 0 Å². The van der Waals surface area contributed by atoms with E-state index in [1.54, 1.807) is 10.9 Å². The van der Waals surface area contributed by atoms with Crippen molar-refractivity contribution in [2.75, 3.05) is 6.61 Å². The molecular formula is C17H17F3N2O3. The van der Waals surface area contributed by atoms with Gasteiger partial charge in [-0.05, 0) is 37.3 Å². The summed E-state index contributed by atoms with van der Waals surface area (Å²) in [5, 5.41) is 4.48. The van der Waals surface area contributed by atoms with Crippen molar-refractivity contribution in [3.05, 3.63) is 48.0 Å². The summed E-state index contributed by atoms with van der Waals surface area (Å²) in [4.78, 5) is 0. The zero-order valence-electron chi connectivity index (χ0n) is 13.9. The molecule has 0 amide bonds. The standard InChI is InChI=1S/C17H17F3N2O3/c1-11-8-15(12-9-23-16(2,3)24-10-12)21-22(11)13-4-6-14(7-5-13)25-17(18,19)20/h4-9H,10H2,1-3H3. The first kappa shape index (κ1) is 17.3. The van der Waals surface area contributed by atoms with E-state index in [9.17, 15) is 13.2 Å². The molecule has 0 saturated heterocycles. The van der Waals surface area contributed by atoms with Gasteiger partial charge in [0.05, 0.1) is 24.3 Å².